The molecule has 0 radical (unpaired) electrons. The summed E-state index contributed by atoms with van der Waals surface area (Å²) in [6.07, 6.45) is 4.31. The topological polar surface area (TPSA) is 53.6 Å². The highest BCUT2D eigenvalue weighted by Crippen LogP contribution is 2.39. The van der Waals surface area contributed by atoms with Crippen LogP contribution in [0.5, 0.6) is 0 Å². The van der Waals surface area contributed by atoms with Crippen LogP contribution in [0.4, 0.5) is 5.82 Å². The summed E-state index contributed by atoms with van der Waals surface area (Å²) in [5.41, 5.74) is 6.22. The number of hydrogen-bond donors (Lipinski definition) is 0. The fourth-order valence-corrected chi connectivity index (χ4v) is 4.79. The first-order chi connectivity index (χ1) is 12.8. The summed E-state index contributed by atoms with van der Waals surface area (Å²) in [5, 5.41) is 9.86. The molecule has 0 amide bonds. The molecule has 3 aromatic rings. The monoisotopic (exact) mass is 382 g/mol. The van der Waals surface area contributed by atoms with Gasteiger partial charge in [-0.1, -0.05) is 12.1 Å². The number of benzene rings is 1. The van der Waals surface area contributed by atoms with Crippen LogP contribution in [0.3, 0.4) is 0 Å². The van der Waals surface area contributed by atoms with Crippen molar-refractivity contribution in [2.75, 3.05) is 31.7 Å². The Balaban J connectivity index is 0.00000180. The molecule has 1 aliphatic heterocycles. The van der Waals surface area contributed by atoms with Crippen LogP contribution in [0.25, 0.3) is 16.7 Å². The van der Waals surface area contributed by atoms with Crippen molar-refractivity contribution in [1.29, 1.82) is 5.26 Å². The lowest BCUT2D eigenvalue weighted by atomic mass is 10.1. The zero-order valence-electron chi connectivity index (χ0n) is 15.4. The maximum atomic E-state index is 9.86. The van der Waals surface area contributed by atoms with Crippen molar-refractivity contribution in [3.05, 3.63) is 41.0 Å². The molecule has 5 rings (SSSR count). The molecule has 5 nitrogen and oxygen atoms in total. The van der Waals surface area contributed by atoms with Gasteiger partial charge in [0.15, 0.2) is 5.65 Å². The third-order valence-electron chi connectivity index (χ3n) is 5.89. The van der Waals surface area contributed by atoms with Gasteiger partial charge in [0.25, 0.3) is 0 Å². The minimum atomic E-state index is 0. The highest BCUT2D eigenvalue weighted by atomic mass is 35.5. The molecule has 1 saturated heterocycles. The number of ether oxygens (including phenoxy) is 1. The van der Waals surface area contributed by atoms with E-state index in [0.29, 0.717) is 5.92 Å². The van der Waals surface area contributed by atoms with Gasteiger partial charge in [0.1, 0.15) is 11.9 Å². The second kappa shape index (κ2) is 7.03. The minimum Gasteiger partial charge on any atom is -0.384 e. The summed E-state index contributed by atoms with van der Waals surface area (Å²) in [7, 11) is 1.78. The van der Waals surface area contributed by atoms with E-state index in [0.717, 1.165) is 67.6 Å². The van der Waals surface area contributed by atoms with E-state index in [-0.39, 0.29) is 12.4 Å². The SMILES string of the molecule is COCC1CCN(c2c3c(c(C#N)c4nc5ccccc5n24)CCC3)C1.Cl. The van der Waals surface area contributed by atoms with E-state index in [4.69, 9.17) is 9.72 Å². The van der Waals surface area contributed by atoms with E-state index in [1.807, 2.05) is 12.1 Å². The van der Waals surface area contributed by atoms with E-state index < -0.39 is 0 Å². The minimum absolute atomic E-state index is 0. The molecule has 27 heavy (non-hydrogen) atoms. The number of imidazole rings is 1. The number of anilines is 1. The molecule has 1 fully saturated rings. The van der Waals surface area contributed by atoms with Crippen LogP contribution < -0.4 is 4.90 Å². The Morgan fingerprint density at radius 1 is 1.26 bits per heavy atom. The van der Waals surface area contributed by atoms with Gasteiger partial charge in [-0.2, -0.15) is 5.26 Å². The van der Waals surface area contributed by atoms with Gasteiger partial charge in [0.2, 0.25) is 0 Å². The lowest BCUT2D eigenvalue weighted by Gasteiger charge is -2.24. The molecular weight excluding hydrogens is 360 g/mol. The molecular formula is C21H23ClN4O. The molecule has 140 valence electrons. The first-order valence-electron chi connectivity index (χ1n) is 9.40. The standard InChI is InChI=1S/C21H22N4O.ClH/c1-26-13-14-9-10-24(12-14)21-16-6-4-5-15(16)17(11-22)20-23-18-7-2-3-8-19(18)25(20)21;/h2-3,7-8,14H,4-6,9-10,12-13H2,1H3;1H. The Bertz CT molecular complexity index is 1050. The predicted octanol–water partition coefficient (Wildman–Crippen LogP) is 3.74. The van der Waals surface area contributed by atoms with Crippen molar-refractivity contribution >= 4 is 34.9 Å². The summed E-state index contributed by atoms with van der Waals surface area (Å²) < 4.78 is 7.64. The number of rotatable bonds is 3. The molecule has 2 aliphatic rings. The molecule has 3 heterocycles. The molecule has 0 bridgehead atoms. The third kappa shape index (κ3) is 2.67. The number of methoxy groups -OCH3 is 1. The van der Waals surface area contributed by atoms with Crippen LogP contribution in [-0.4, -0.2) is 36.2 Å². The normalized spacial score (nSPS) is 18.7. The van der Waals surface area contributed by atoms with Gasteiger partial charge in [0, 0.05) is 26.1 Å². The van der Waals surface area contributed by atoms with Crippen LogP contribution in [0.2, 0.25) is 0 Å². The van der Waals surface area contributed by atoms with Crippen molar-refractivity contribution < 1.29 is 4.74 Å². The molecule has 0 spiro atoms. The molecule has 1 aliphatic carbocycles. The summed E-state index contributed by atoms with van der Waals surface area (Å²) in [5.74, 6) is 1.83. The molecule has 2 aromatic heterocycles. The number of hydrogen-bond acceptors (Lipinski definition) is 4. The molecule has 1 aromatic carbocycles. The van der Waals surface area contributed by atoms with E-state index in [1.165, 1.54) is 16.9 Å². The van der Waals surface area contributed by atoms with Gasteiger partial charge in [-0.3, -0.25) is 4.40 Å². The number of fused-ring (bicyclic) bond motifs is 4. The Kier molecular flexibility index (Phi) is 4.71. The quantitative estimate of drug-likeness (QED) is 0.692. The smallest absolute Gasteiger partial charge is 0.157 e. The van der Waals surface area contributed by atoms with Crippen molar-refractivity contribution in [3.63, 3.8) is 0 Å². The average molecular weight is 383 g/mol. The third-order valence-corrected chi connectivity index (χ3v) is 5.89. The van der Waals surface area contributed by atoms with Gasteiger partial charge < -0.3 is 9.64 Å². The summed E-state index contributed by atoms with van der Waals surface area (Å²) in [6.45, 7) is 2.85. The highest BCUT2D eigenvalue weighted by Gasteiger charge is 2.31. The number of nitriles is 1. The van der Waals surface area contributed by atoms with Gasteiger partial charge >= 0.3 is 0 Å². The number of halogens is 1. The molecule has 6 heteroatoms. The number of nitrogens with zero attached hydrogens (tertiary/aromatic N) is 4. The van der Waals surface area contributed by atoms with Gasteiger partial charge in [-0.05, 0) is 48.9 Å². The first-order valence-corrected chi connectivity index (χ1v) is 9.40. The number of pyridine rings is 1. The largest absolute Gasteiger partial charge is 0.384 e. The zero-order valence-corrected chi connectivity index (χ0v) is 16.3. The second-order valence-electron chi connectivity index (χ2n) is 7.44. The van der Waals surface area contributed by atoms with Crippen LogP contribution in [0, 0.1) is 17.2 Å². The summed E-state index contributed by atoms with van der Waals surface area (Å²) in [4.78, 5) is 7.34. The fraction of sp³-hybridized carbons (Fsp3) is 0.429. The Hall–Kier alpha value is -2.29. The Morgan fingerprint density at radius 3 is 2.89 bits per heavy atom. The second-order valence-corrected chi connectivity index (χ2v) is 7.44. The van der Waals surface area contributed by atoms with Gasteiger partial charge in [0.05, 0.1) is 23.2 Å². The van der Waals surface area contributed by atoms with E-state index in [2.05, 4.69) is 27.5 Å². The van der Waals surface area contributed by atoms with E-state index >= 15 is 0 Å². The zero-order chi connectivity index (χ0) is 17.7. The predicted molar refractivity (Wildman–Crippen MR) is 109 cm³/mol. The van der Waals surface area contributed by atoms with Crippen LogP contribution in [0.15, 0.2) is 24.3 Å². The maximum Gasteiger partial charge on any atom is 0.157 e. The Morgan fingerprint density at radius 2 is 2.07 bits per heavy atom. The average Bonchev–Trinajstić information content (AvgIpc) is 3.38. The van der Waals surface area contributed by atoms with Crippen molar-refractivity contribution in [3.8, 4) is 6.07 Å². The van der Waals surface area contributed by atoms with Crippen LogP contribution in [0.1, 0.15) is 29.5 Å². The van der Waals surface area contributed by atoms with Crippen molar-refractivity contribution in [2.45, 2.75) is 25.7 Å². The first kappa shape index (κ1) is 18.1. The van der Waals surface area contributed by atoms with E-state index in [1.54, 1.807) is 7.11 Å². The van der Waals surface area contributed by atoms with Crippen molar-refractivity contribution in [2.24, 2.45) is 5.92 Å². The molecule has 0 N–H and O–H groups in total. The maximum absolute atomic E-state index is 9.86. The van der Waals surface area contributed by atoms with Crippen LogP contribution >= 0.6 is 12.4 Å². The lowest BCUT2D eigenvalue weighted by Crippen LogP contribution is -2.25. The summed E-state index contributed by atoms with van der Waals surface area (Å²) in [6, 6.07) is 10.7. The fourth-order valence-electron chi connectivity index (χ4n) is 4.79. The highest BCUT2D eigenvalue weighted by molar-refractivity contribution is 5.86. The van der Waals surface area contributed by atoms with E-state index in [9.17, 15) is 5.26 Å². The van der Waals surface area contributed by atoms with Crippen molar-refractivity contribution in [1.82, 2.24) is 9.38 Å². The lowest BCUT2D eigenvalue weighted by molar-refractivity contribution is 0.161. The summed E-state index contributed by atoms with van der Waals surface area (Å²) >= 11 is 0. The molecule has 0 saturated carbocycles. The van der Waals surface area contributed by atoms with Gasteiger partial charge in [-0.15, -0.1) is 12.4 Å². The molecule has 1 atom stereocenters. The molecule has 1 unspecified atom stereocenters. The number of aromatic nitrogens is 2. The van der Waals surface area contributed by atoms with Crippen LogP contribution in [-0.2, 0) is 17.6 Å². The van der Waals surface area contributed by atoms with Gasteiger partial charge in [-0.25, -0.2) is 4.98 Å². The number of para-hydroxylation sites is 2. The Labute approximate surface area is 165 Å².